The van der Waals surface area contributed by atoms with Crippen molar-refractivity contribution >= 4 is 38.4 Å². The van der Waals surface area contributed by atoms with Crippen LogP contribution in [0.1, 0.15) is 51.0 Å². The van der Waals surface area contributed by atoms with Gasteiger partial charge in [-0.05, 0) is 68.1 Å². The molecule has 0 amide bonds. The lowest BCUT2D eigenvalue weighted by molar-refractivity contribution is 0.576. The quantitative estimate of drug-likeness (QED) is 0.119. The molecule has 0 bridgehead atoms. The molecule has 9 aromatic carbocycles. The molecule has 10 aromatic rings. The van der Waals surface area contributed by atoms with E-state index in [0.717, 1.165) is 27.9 Å². The summed E-state index contributed by atoms with van der Waals surface area (Å²) in [7, 11) is 0. The monoisotopic (exact) mass is 770 g/mol. The van der Waals surface area contributed by atoms with Gasteiger partial charge in [0, 0.05) is 27.4 Å². The van der Waals surface area contributed by atoms with Crippen LogP contribution in [0.5, 0.6) is 0 Å². The fraction of sp³-hybridized carbons (Fsp3) is 0.0536. The maximum absolute atomic E-state index is 7.20. The maximum atomic E-state index is 7.20. The van der Waals surface area contributed by atoms with Crippen LogP contribution in [0, 0.1) is 0 Å². The first-order chi connectivity index (χ1) is 29.6. The van der Waals surface area contributed by atoms with Crippen LogP contribution in [0.4, 0.5) is 0 Å². The Morgan fingerprint density at radius 3 is 1.70 bits per heavy atom. The summed E-state index contributed by atoms with van der Waals surface area (Å²) in [5.74, 6) is 0.463. The van der Waals surface area contributed by atoms with Crippen LogP contribution in [0.25, 0.3) is 49.4 Å². The van der Waals surface area contributed by atoms with Gasteiger partial charge in [-0.2, -0.15) is 0 Å². The van der Waals surface area contributed by atoms with Crippen molar-refractivity contribution < 1.29 is 0 Å². The molecule has 1 unspecified atom stereocenters. The van der Waals surface area contributed by atoms with Crippen LogP contribution in [-0.4, -0.2) is 10.4 Å². The number of benzene rings is 9. The zero-order valence-electron chi connectivity index (χ0n) is 33.0. The number of fused-ring (bicyclic) bond motifs is 10. The van der Waals surface area contributed by atoms with Gasteiger partial charge in [0.1, 0.15) is 5.84 Å². The Balaban J connectivity index is 1.17. The highest BCUT2D eigenvalue weighted by molar-refractivity contribution is 6.26. The zero-order valence-corrected chi connectivity index (χ0v) is 33.0. The summed E-state index contributed by atoms with van der Waals surface area (Å²) in [6.07, 6.45) is 0. The SMILES string of the molecule is N/C(=N\C(c1ccccc1)[C@@H](N)c1ccc(-n2c3ccccc3c3c4c(c5ccccc5c32)-c2ccccc2C4(c2ccccc2)c2ccccc2)cc1)c1ccccc1. The van der Waals surface area contributed by atoms with Crippen LogP contribution >= 0.6 is 0 Å². The van der Waals surface area contributed by atoms with Gasteiger partial charge in [0.15, 0.2) is 0 Å². The topological polar surface area (TPSA) is 69.3 Å². The molecule has 1 aromatic heterocycles. The number of nitrogens with two attached hydrogens (primary N) is 2. The molecule has 1 aliphatic carbocycles. The van der Waals surface area contributed by atoms with Crippen molar-refractivity contribution in [2.75, 3.05) is 0 Å². The molecule has 60 heavy (non-hydrogen) atoms. The van der Waals surface area contributed by atoms with Gasteiger partial charge in [-0.1, -0.05) is 200 Å². The van der Waals surface area contributed by atoms with Gasteiger partial charge >= 0.3 is 0 Å². The first-order valence-corrected chi connectivity index (χ1v) is 20.6. The second kappa shape index (κ2) is 14.4. The molecule has 1 heterocycles. The van der Waals surface area contributed by atoms with E-state index in [4.69, 9.17) is 16.5 Å². The van der Waals surface area contributed by atoms with Gasteiger partial charge in [0.2, 0.25) is 0 Å². The van der Waals surface area contributed by atoms with Crippen molar-refractivity contribution in [3.05, 3.63) is 257 Å². The molecule has 286 valence electrons. The van der Waals surface area contributed by atoms with E-state index in [2.05, 4.69) is 174 Å². The molecule has 4 N–H and O–H groups in total. The predicted molar refractivity (Wildman–Crippen MR) is 249 cm³/mol. The molecule has 0 aliphatic heterocycles. The predicted octanol–water partition coefficient (Wildman–Crippen LogP) is 12.4. The van der Waals surface area contributed by atoms with Crippen LogP contribution in [0.15, 0.2) is 223 Å². The number of para-hydroxylation sites is 1. The van der Waals surface area contributed by atoms with Gasteiger partial charge in [-0.15, -0.1) is 0 Å². The van der Waals surface area contributed by atoms with Crippen molar-refractivity contribution in [3.8, 4) is 16.8 Å². The smallest absolute Gasteiger partial charge is 0.126 e. The first kappa shape index (κ1) is 35.6. The van der Waals surface area contributed by atoms with Gasteiger partial charge in [-0.25, -0.2) is 0 Å². The highest BCUT2D eigenvalue weighted by Crippen LogP contribution is 2.61. The zero-order chi connectivity index (χ0) is 40.2. The molecule has 4 heteroatoms. The molecule has 1 aliphatic rings. The van der Waals surface area contributed by atoms with Crippen molar-refractivity contribution in [1.29, 1.82) is 0 Å². The lowest BCUT2D eigenvalue weighted by atomic mass is 9.66. The Morgan fingerprint density at radius 2 is 1.03 bits per heavy atom. The van der Waals surface area contributed by atoms with Gasteiger partial charge in [0.05, 0.1) is 28.5 Å². The molecule has 0 saturated carbocycles. The average molecular weight is 771 g/mol. The largest absolute Gasteiger partial charge is 0.383 e. The van der Waals surface area contributed by atoms with Crippen molar-refractivity contribution in [1.82, 2.24) is 4.57 Å². The Hall–Kier alpha value is -7.53. The summed E-state index contributed by atoms with van der Waals surface area (Å²) in [6.45, 7) is 0. The molecule has 0 fully saturated rings. The highest BCUT2D eigenvalue weighted by atomic mass is 15.0. The number of aromatic nitrogens is 1. The van der Waals surface area contributed by atoms with Crippen molar-refractivity contribution in [3.63, 3.8) is 0 Å². The molecule has 11 rings (SSSR count). The van der Waals surface area contributed by atoms with Crippen molar-refractivity contribution in [2.45, 2.75) is 17.5 Å². The van der Waals surface area contributed by atoms with Gasteiger partial charge in [-0.3, -0.25) is 4.99 Å². The standard InChI is InChI=1S/C56H42N4/c57-52(53(38-19-5-1-6-20-38)59-55(58)39-21-7-2-8-22-39)37-33-35-42(36-34-37)60-48-32-18-16-30-46(48)50-51-49(43-27-13-14-28-44(43)54(50)60)45-29-15-17-31-47(45)56(51,40-23-9-3-10-24-40)41-25-11-4-12-26-41/h1-36,52-53H,57H2,(H2,58,59)/t52-,53?/m0/s1. The third kappa shape index (κ3) is 5.38. The van der Waals surface area contributed by atoms with Gasteiger partial charge < -0.3 is 16.0 Å². The summed E-state index contributed by atoms with van der Waals surface area (Å²) < 4.78 is 2.46. The van der Waals surface area contributed by atoms with E-state index in [-0.39, 0.29) is 6.04 Å². The summed E-state index contributed by atoms with van der Waals surface area (Å²) in [4.78, 5) is 5.06. The molecule has 0 spiro atoms. The van der Waals surface area contributed by atoms with E-state index >= 15 is 0 Å². The summed E-state index contributed by atoms with van der Waals surface area (Å²) in [5.41, 5.74) is 27.2. The minimum absolute atomic E-state index is 0.386. The molecule has 0 saturated heterocycles. The molecule has 2 atom stereocenters. The van der Waals surface area contributed by atoms with Crippen LogP contribution in [-0.2, 0) is 5.41 Å². The number of nitrogens with zero attached hydrogens (tertiary/aromatic N) is 2. The minimum atomic E-state index is -0.573. The maximum Gasteiger partial charge on any atom is 0.126 e. The third-order valence-corrected chi connectivity index (χ3v) is 12.6. The number of amidine groups is 1. The van der Waals surface area contributed by atoms with E-state index in [0.29, 0.717) is 5.84 Å². The lowest BCUT2D eigenvalue weighted by Gasteiger charge is -2.34. The van der Waals surface area contributed by atoms with Crippen LogP contribution in [0.3, 0.4) is 0 Å². The summed E-state index contributed by atoms with van der Waals surface area (Å²) >= 11 is 0. The first-order valence-electron chi connectivity index (χ1n) is 20.6. The van der Waals surface area contributed by atoms with Crippen LogP contribution < -0.4 is 11.5 Å². The minimum Gasteiger partial charge on any atom is -0.383 e. The number of aliphatic imine (C=N–C) groups is 1. The van der Waals surface area contributed by atoms with Crippen molar-refractivity contribution in [2.24, 2.45) is 16.5 Å². The molecular weight excluding hydrogens is 729 g/mol. The molecule has 0 radical (unpaired) electrons. The molecular formula is C56H42N4. The Kier molecular flexibility index (Phi) is 8.54. The second-order valence-corrected chi connectivity index (χ2v) is 15.8. The fourth-order valence-electron chi connectivity index (χ4n) is 10.0. The Labute approximate surface area is 349 Å². The fourth-order valence-corrected chi connectivity index (χ4v) is 10.0. The Morgan fingerprint density at radius 1 is 0.500 bits per heavy atom. The van der Waals surface area contributed by atoms with E-state index in [1.54, 1.807) is 0 Å². The van der Waals surface area contributed by atoms with E-state index in [9.17, 15) is 0 Å². The summed E-state index contributed by atoms with van der Waals surface area (Å²) in [5, 5.41) is 4.93. The molecule has 4 nitrogen and oxygen atoms in total. The number of rotatable bonds is 8. The number of hydrogen-bond donors (Lipinski definition) is 2. The second-order valence-electron chi connectivity index (χ2n) is 15.8. The summed E-state index contributed by atoms with van der Waals surface area (Å²) in [6, 6.07) is 77.1. The lowest BCUT2D eigenvalue weighted by Crippen LogP contribution is -2.28. The van der Waals surface area contributed by atoms with Crippen LogP contribution in [0.2, 0.25) is 0 Å². The van der Waals surface area contributed by atoms with Gasteiger partial charge in [0.25, 0.3) is 0 Å². The van der Waals surface area contributed by atoms with E-state index in [1.165, 1.54) is 60.4 Å². The average Bonchev–Trinajstić information content (AvgIpc) is 3.84. The van der Waals surface area contributed by atoms with E-state index in [1.807, 2.05) is 48.5 Å². The third-order valence-electron chi connectivity index (χ3n) is 12.6. The normalized spacial score (nSPS) is 14.2. The van der Waals surface area contributed by atoms with E-state index < -0.39 is 11.5 Å². The number of hydrogen-bond acceptors (Lipinski definition) is 2. The Bertz CT molecular complexity index is 3170. The highest BCUT2D eigenvalue weighted by Gasteiger charge is 2.48.